The maximum Gasteiger partial charge on any atom is 0.161 e. The molecule has 148 valence electrons. The number of fused-ring (bicyclic) bond motifs is 2. The molecular formula is C24H30N2O2. The molecule has 0 bridgehead atoms. The minimum atomic E-state index is 0.636. The van der Waals surface area contributed by atoms with Gasteiger partial charge in [0.1, 0.15) is 0 Å². The van der Waals surface area contributed by atoms with Gasteiger partial charge in [0.25, 0.3) is 0 Å². The van der Waals surface area contributed by atoms with Gasteiger partial charge in [-0.25, -0.2) is 4.99 Å². The lowest BCUT2D eigenvalue weighted by atomic mass is 9.94. The molecule has 0 saturated heterocycles. The number of aliphatic imine (C=N–C) groups is 1. The fourth-order valence-corrected chi connectivity index (χ4v) is 4.42. The van der Waals surface area contributed by atoms with Crippen molar-refractivity contribution >= 4 is 12.0 Å². The number of hydrogen-bond acceptors (Lipinski definition) is 3. The molecule has 0 N–H and O–H groups in total. The predicted molar refractivity (Wildman–Crippen MR) is 114 cm³/mol. The molecular weight excluding hydrogens is 348 g/mol. The topological polar surface area (TPSA) is 34.1 Å². The van der Waals surface area contributed by atoms with Crippen LogP contribution in [0.5, 0.6) is 11.5 Å². The van der Waals surface area contributed by atoms with Gasteiger partial charge in [-0.1, -0.05) is 19.4 Å². The third-order valence-corrected chi connectivity index (χ3v) is 6.11. The third-order valence-electron chi connectivity index (χ3n) is 6.11. The van der Waals surface area contributed by atoms with Crippen LogP contribution in [0.2, 0.25) is 0 Å². The zero-order valence-corrected chi connectivity index (χ0v) is 17.2. The molecule has 1 atom stereocenters. The van der Waals surface area contributed by atoms with E-state index in [4.69, 9.17) is 14.5 Å². The lowest BCUT2D eigenvalue weighted by Gasteiger charge is -2.27. The second kappa shape index (κ2) is 8.26. The molecule has 2 aromatic carbocycles. The molecule has 1 heterocycles. The van der Waals surface area contributed by atoms with Crippen molar-refractivity contribution < 1.29 is 9.47 Å². The molecule has 1 aliphatic heterocycles. The standard InChI is InChI=1S/C24H30N2O2/c1-17-6-4-5-7-18-8-9-21(14-22(17)18)25-16-26-11-10-19-12-23(27-2)24(28-3)13-20(19)15-26/h8-9,12-14,16-17H,4-7,10-11,15H2,1-3H3. The Balaban J connectivity index is 1.51. The van der Waals surface area contributed by atoms with E-state index in [1.165, 1.54) is 47.9 Å². The van der Waals surface area contributed by atoms with Crippen molar-refractivity contribution in [1.29, 1.82) is 0 Å². The summed E-state index contributed by atoms with van der Waals surface area (Å²) in [5, 5.41) is 0. The van der Waals surface area contributed by atoms with Crippen LogP contribution in [-0.4, -0.2) is 32.0 Å². The Morgan fingerprint density at radius 1 is 0.964 bits per heavy atom. The summed E-state index contributed by atoms with van der Waals surface area (Å²) in [6.45, 7) is 4.16. The van der Waals surface area contributed by atoms with Gasteiger partial charge in [0.05, 0.1) is 26.2 Å². The van der Waals surface area contributed by atoms with Crippen LogP contribution in [0.1, 0.15) is 54.4 Å². The summed E-state index contributed by atoms with van der Waals surface area (Å²) in [7, 11) is 3.37. The van der Waals surface area contributed by atoms with E-state index in [9.17, 15) is 0 Å². The van der Waals surface area contributed by atoms with Crippen LogP contribution in [0.4, 0.5) is 5.69 Å². The molecule has 0 aromatic heterocycles. The minimum absolute atomic E-state index is 0.636. The van der Waals surface area contributed by atoms with Gasteiger partial charge in [-0.3, -0.25) is 0 Å². The highest BCUT2D eigenvalue weighted by molar-refractivity contribution is 5.63. The van der Waals surface area contributed by atoms with Crippen molar-refractivity contribution in [3.63, 3.8) is 0 Å². The molecule has 4 heteroatoms. The molecule has 2 aromatic rings. The molecule has 28 heavy (non-hydrogen) atoms. The summed E-state index contributed by atoms with van der Waals surface area (Å²) in [4.78, 5) is 7.08. The fraction of sp³-hybridized carbons (Fsp3) is 0.458. The average Bonchev–Trinajstić information content (AvgIpc) is 2.92. The Morgan fingerprint density at radius 3 is 2.54 bits per heavy atom. The van der Waals surface area contributed by atoms with Gasteiger partial charge in [-0.2, -0.15) is 0 Å². The monoisotopic (exact) mass is 378 g/mol. The van der Waals surface area contributed by atoms with Crippen molar-refractivity contribution in [3.8, 4) is 11.5 Å². The molecule has 0 fully saturated rings. The van der Waals surface area contributed by atoms with Crippen molar-refractivity contribution in [2.45, 2.75) is 51.5 Å². The number of hydrogen-bond donors (Lipinski definition) is 0. The van der Waals surface area contributed by atoms with Crippen LogP contribution in [-0.2, 0) is 19.4 Å². The van der Waals surface area contributed by atoms with Crippen LogP contribution in [0.15, 0.2) is 35.3 Å². The highest BCUT2D eigenvalue weighted by Gasteiger charge is 2.18. The number of nitrogens with zero attached hydrogens (tertiary/aromatic N) is 2. The van der Waals surface area contributed by atoms with Gasteiger partial charge >= 0.3 is 0 Å². The van der Waals surface area contributed by atoms with E-state index < -0.39 is 0 Å². The van der Waals surface area contributed by atoms with Crippen LogP contribution in [0.3, 0.4) is 0 Å². The summed E-state index contributed by atoms with van der Waals surface area (Å²) >= 11 is 0. The van der Waals surface area contributed by atoms with Crippen LogP contribution < -0.4 is 9.47 Å². The lowest BCUT2D eigenvalue weighted by Crippen LogP contribution is -2.29. The maximum absolute atomic E-state index is 5.46. The number of ether oxygens (including phenoxy) is 2. The quantitative estimate of drug-likeness (QED) is 0.414. The molecule has 4 nitrogen and oxygen atoms in total. The molecule has 1 aliphatic carbocycles. The Morgan fingerprint density at radius 2 is 1.75 bits per heavy atom. The molecule has 0 spiro atoms. The molecule has 1 unspecified atom stereocenters. The first-order chi connectivity index (χ1) is 13.7. The molecule has 0 amide bonds. The maximum atomic E-state index is 5.46. The van der Waals surface area contributed by atoms with E-state index in [-0.39, 0.29) is 0 Å². The Bertz CT molecular complexity index is 875. The van der Waals surface area contributed by atoms with Crippen molar-refractivity contribution in [3.05, 3.63) is 52.6 Å². The largest absolute Gasteiger partial charge is 0.493 e. The first-order valence-corrected chi connectivity index (χ1v) is 10.3. The summed E-state index contributed by atoms with van der Waals surface area (Å²) in [5.41, 5.74) is 6.68. The van der Waals surface area contributed by atoms with Crippen molar-refractivity contribution in [1.82, 2.24) is 4.90 Å². The predicted octanol–water partition coefficient (Wildman–Crippen LogP) is 5.25. The number of benzene rings is 2. The van der Waals surface area contributed by atoms with Crippen molar-refractivity contribution in [2.24, 2.45) is 4.99 Å². The zero-order valence-electron chi connectivity index (χ0n) is 17.2. The fourth-order valence-electron chi connectivity index (χ4n) is 4.42. The van der Waals surface area contributed by atoms with Gasteiger partial charge in [-0.05, 0) is 78.1 Å². The van der Waals surface area contributed by atoms with Gasteiger partial charge in [0.2, 0.25) is 0 Å². The molecule has 2 aliphatic rings. The van der Waals surface area contributed by atoms with Crippen LogP contribution in [0.25, 0.3) is 0 Å². The Kier molecular flexibility index (Phi) is 5.56. The molecule has 4 rings (SSSR count). The van der Waals surface area contributed by atoms with Gasteiger partial charge in [-0.15, -0.1) is 0 Å². The Hall–Kier alpha value is -2.49. The molecule has 0 radical (unpaired) electrons. The highest BCUT2D eigenvalue weighted by Crippen LogP contribution is 2.34. The SMILES string of the molecule is COc1cc2c(cc1OC)CN(C=Nc1ccc3c(c1)C(C)CCCC3)CC2. The average molecular weight is 379 g/mol. The number of aryl methyl sites for hydroxylation is 1. The summed E-state index contributed by atoms with van der Waals surface area (Å²) < 4.78 is 10.9. The van der Waals surface area contributed by atoms with E-state index in [1.54, 1.807) is 14.2 Å². The Labute approximate surface area is 168 Å². The van der Waals surface area contributed by atoms with E-state index in [0.29, 0.717) is 5.92 Å². The van der Waals surface area contributed by atoms with E-state index in [0.717, 1.165) is 36.7 Å². The van der Waals surface area contributed by atoms with E-state index >= 15 is 0 Å². The first-order valence-electron chi connectivity index (χ1n) is 10.3. The van der Waals surface area contributed by atoms with Gasteiger partial charge in [0.15, 0.2) is 11.5 Å². The van der Waals surface area contributed by atoms with Crippen LogP contribution >= 0.6 is 0 Å². The van der Waals surface area contributed by atoms with E-state index in [1.807, 2.05) is 6.34 Å². The summed E-state index contributed by atoms with van der Waals surface area (Å²) in [6, 6.07) is 11.0. The minimum Gasteiger partial charge on any atom is -0.493 e. The number of rotatable bonds is 4. The number of methoxy groups -OCH3 is 2. The summed E-state index contributed by atoms with van der Waals surface area (Å²) in [5.74, 6) is 2.24. The first kappa shape index (κ1) is 18.9. The highest BCUT2D eigenvalue weighted by atomic mass is 16.5. The van der Waals surface area contributed by atoms with Crippen LogP contribution in [0, 0.1) is 0 Å². The summed E-state index contributed by atoms with van der Waals surface area (Å²) in [6.07, 6.45) is 8.12. The zero-order chi connectivity index (χ0) is 19.5. The van der Waals surface area contributed by atoms with Crippen molar-refractivity contribution in [2.75, 3.05) is 20.8 Å². The lowest BCUT2D eigenvalue weighted by molar-refractivity contribution is 0.349. The van der Waals surface area contributed by atoms with Gasteiger partial charge < -0.3 is 14.4 Å². The second-order valence-corrected chi connectivity index (χ2v) is 7.97. The second-order valence-electron chi connectivity index (χ2n) is 7.97. The normalized spacial score (nSPS) is 19.1. The smallest absolute Gasteiger partial charge is 0.161 e. The van der Waals surface area contributed by atoms with Gasteiger partial charge in [0, 0.05) is 13.1 Å². The third kappa shape index (κ3) is 3.87. The van der Waals surface area contributed by atoms with E-state index in [2.05, 4.69) is 42.2 Å². The molecule has 0 saturated carbocycles.